The minimum absolute atomic E-state index is 0.00387. The number of carbonyl (C=O) groups excluding carboxylic acids is 1. The average molecular weight is 293 g/mol. The molecule has 1 aliphatic rings. The number of benzene rings is 1. The van der Waals surface area contributed by atoms with Gasteiger partial charge in [-0.05, 0) is 23.2 Å². The Morgan fingerprint density at radius 1 is 1.40 bits per heavy atom. The van der Waals surface area contributed by atoms with Crippen LogP contribution in [0.15, 0.2) is 30.3 Å². The van der Waals surface area contributed by atoms with Crippen LogP contribution in [0.2, 0.25) is 0 Å². The summed E-state index contributed by atoms with van der Waals surface area (Å²) in [5.74, 6) is 1.70. The zero-order valence-corrected chi connectivity index (χ0v) is 13.0. The zero-order chi connectivity index (χ0) is 14.6. The number of hydrogen-bond acceptors (Lipinski definition) is 3. The van der Waals surface area contributed by atoms with Crippen LogP contribution in [0.1, 0.15) is 32.3 Å². The van der Waals surface area contributed by atoms with Gasteiger partial charge in [-0.15, -0.1) is 0 Å². The van der Waals surface area contributed by atoms with Crippen molar-refractivity contribution in [3.05, 3.63) is 35.9 Å². The molecule has 1 aliphatic heterocycles. The quantitative estimate of drug-likeness (QED) is 0.876. The molecule has 1 unspecified atom stereocenters. The number of hydrogen-bond donors (Lipinski definition) is 2. The van der Waals surface area contributed by atoms with E-state index < -0.39 is 5.60 Å². The number of nitrogens with one attached hydrogen (secondary N) is 1. The lowest BCUT2D eigenvalue weighted by Gasteiger charge is -2.26. The van der Waals surface area contributed by atoms with E-state index in [1.165, 1.54) is 0 Å². The normalized spacial score (nSPS) is 22.8. The highest BCUT2D eigenvalue weighted by Gasteiger charge is 2.32. The number of thioether (sulfide) groups is 1. The third-order valence-electron chi connectivity index (χ3n) is 3.85. The monoisotopic (exact) mass is 293 g/mol. The van der Waals surface area contributed by atoms with Crippen LogP contribution in [-0.2, 0) is 10.2 Å². The fourth-order valence-electron chi connectivity index (χ4n) is 2.45. The third-order valence-corrected chi connectivity index (χ3v) is 5.09. The van der Waals surface area contributed by atoms with Gasteiger partial charge in [-0.3, -0.25) is 4.79 Å². The molecule has 0 saturated carbocycles. The van der Waals surface area contributed by atoms with Gasteiger partial charge in [0.2, 0.25) is 5.91 Å². The van der Waals surface area contributed by atoms with Crippen molar-refractivity contribution in [2.75, 3.05) is 18.1 Å². The first-order valence-electron chi connectivity index (χ1n) is 7.04. The summed E-state index contributed by atoms with van der Waals surface area (Å²) in [7, 11) is 0. The van der Waals surface area contributed by atoms with Crippen molar-refractivity contribution >= 4 is 17.7 Å². The second kappa shape index (κ2) is 6.19. The fourth-order valence-corrected chi connectivity index (χ4v) is 3.75. The van der Waals surface area contributed by atoms with Gasteiger partial charge in [0.15, 0.2) is 0 Å². The smallest absolute Gasteiger partial charge is 0.220 e. The molecule has 3 nitrogen and oxygen atoms in total. The van der Waals surface area contributed by atoms with Crippen molar-refractivity contribution < 1.29 is 9.90 Å². The van der Waals surface area contributed by atoms with Gasteiger partial charge >= 0.3 is 0 Å². The first-order chi connectivity index (χ1) is 9.41. The lowest BCUT2D eigenvalue weighted by molar-refractivity contribution is -0.123. The molecule has 1 fully saturated rings. The van der Waals surface area contributed by atoms with Crippen LogP contribution in [0.3, 0.4) is 0 Å². The lowest BCUT2D eigenvalue weighted by atomic mass is 9.81. The van der Waals surface area contributed by atoms with Gasteiger partial charge in [0, 0.05) is 18.7 Å². The summed E-state index contributed by atoms with van der Waals surface area (Å²) in [6.07, 6.45) is 1.19. The summed E-state index contributed by atoms with van der Waals surface area (Å²) in [5, 5.41) is 13.1. The molecule has 1 atom stereocenters. The minimum atomic E-state index is -0.711. The van der Waals surface area contributed by atoms with E-state index in [1.54, 1.807) is 11.8 Å². The molecule has 0 radical (unpaired) electrons. The molecule has 0 aromatic heterocycles. The lowest BCUT2D eigenvalue weighted by Crippen LogP contribution is -2.44. The van der Waals surface area contributed by atoms with E-state index in [9.17, 15) is 9.90 Å². The van der Waals surface area contributed by atoms with E-state index in [0.29, 0.717) is 13.0 Å². The molecule has 110 valence electrons. The minimum Gasteiger partial charge on any atom is -0.387 e. The fraction of sp³-hybridized carbons (Fsp3) is 0.562. The molecule has 2 rings (SSSR count). The number of rotatable bonds is 5. The standard InChI is InChI=1S/C16H23NO2S/c1-15(2,13-6-4-3-5-7-13)10-14(18)17-11-16(19)8-9-20-12-16/h3-7,19H,8-12H2,1-2H3,(H,17,18). The highest BCUT2D eigenvalue weighted by Crippen LogP contribution is 2.28. The van der Waals surface area contributed by atoms with Crippen LogP contribution >= 0.6 is 11.8 Å². The molecular weight excluding hydrogens is 270 g/mol. The van der Waals surface area contributed by atoms with Gasteiger partial charge in [-0.25, -0.2) is 0 Å². The highest BCUT2D eigenvalue weighted by atomic mass is 32.2. The van der Waals surface area contributed by atoms with Crippen molar-refractivity contribution in [3.8, 4) is 0 Å². The van der Waals surface area contributed by atoms with Crippen LogP contribution in [0, 0.1) is 0 Å². The summed E-state index contributed by atoms with van der Waals surface area (Å²) in [6, 6.07) is 10.1. The Bertz CT molecular complexity index is 453. The second-order valence-corrected chi connectivity index (χ2v) is 7.34. The molecule has 1 aromatic rings. The maximum atomic E-state index is 12.1. The molecule has 1 amide bonds. The Labute approximate surface area is 125 Å². The molecule has 1 heterocycles. The van der Waals surface area contributed by atoms with Crippen LogP contribution in [-0.4, -0.2) is 34.7 Å². The third kappa shape index (κ3) is 4.00. The topological polar surface area (TPSA) is 49.3 Å². The van der Waals surface area contributed by atoms with E-state index in [0.717, 1.165) is 23.5 Å². The van der Waals surface area contributed by atoms with Gasteiger partial charge in [0.25, 0.3) is 0 Å². The van der Waals surface area contributed by atoms with Crippen LogP contribution < -0.4 is 5.32 Å². The van der Waals surface area contributed by atoms with Crippen molar-refractivity contribution in [2.45, 2.75) is 37.7 Å². The van der Waals surface area contributed by atoms with Crippen molar-refractivity contribution in [1.82, 2.24) is 5.32 Å². The maximum absolute atomic E-state index is 12.1. The summed E-state index contributed by atoms with van der Waals surface area (Å²) in [4.78, 5) is 12.1. The number of carbonyl (C=O) groups is 1. The van der Waals surface area contributed by atoms with Gasteiger partial charge in [0.1, 0.15) is 0 Å². The molecule has 1 aromatic carbocycles. The second-order valence-electron chi connectivity index (χ2n) is 6.23. The van der Waals surface area contributed by atoms with E-state index in [1.807, 2.05) is 18.2 Å². The summed E-state index contributed by atoms with van der Waals surface area (Å²) >= 11 is 1.74. The molecule has 0 aliphatic carbocycles. The average Bonchev–Trinajstić information content (AvgIpc) is 2.85. The van der Waals surface area contributed by atoms with Gasteiger partial charge in [0.05, 0.1) is 5.60 Å². The number of aliphatic hydroxyl groups is 1. The Morgan fingerprint density at radius 3 is 2.70 bits per heavy atom. The Hall–Kier alpha value is -1.00. The first kappa shape index (κ1) is 15.4. The van der Waals surface area contributed by atoms with E-state index in [2.05, 4.69) is 31.3 Å². The van der Waals surface area contributed by atoms with Gasteiger partial charge in [-0.2, -0.15) is 11.8 Å². The predicted octanol–water partition coefficient (Wildman–Crippen LogP) is 2.34. The Kier molecular flexibility index (Phi) is 4.76. The summed E-state index contributed by atoms with van der Waals surface area (Å²) < 4.78 is 0. The Balaban J connectivity index is 1.87. The van der Waals surface area contributed by atoms with Crippen LogP contribution in [0.5, 0.6) is 0 Å². The molecule has 1 saturated heterocycles. The summed E-state index contributed by atoms with van der Waals surface area (Å²) in [6.45, 7) is 4.51. The number of amides is 1. The van der Waals surface area contributed by atoms with Crippen LogP contribution in [0.25, 0.3) is 0 Å². The van der Waals surface area contributed by atoms with Gasteiger partial charge < -0.3 is 10.4 Å². The van der Waals surface area contributed by atoms with Crippen LogP contribution in [0.4, 0.5) is 0 Å². The molecule has 20 heavy (non-hydrogen) atoms. The first-order valence-corrected chi connectivity index (χ1v) is 8.19. The molecule has 0 bridgehead atoms. The molecular formula is C16H23NO2S. The largest absolute Gasteiger partial charge is 0.387 e. The van der Waals surface area contributed by atoms with E-state index in [-0.39, 0.29) is 11.3 Å². The Morgan fingerprint density at radius 2 is 2.10 bits per heavy atom. The highest BCUT2D eigenvalue weighted by molar-refractivity contribution is 7.99. The van der Waals surface area contributed by atoms with E-state index >= 15 is 0 Å². The molecule has 0 spiro atoms. The summed E-state index contributed by atoms with van der Waals surface area (Å²) in [5.41, 5.74) is 0.251. The van der Waals surface area contributed by atoms with Crippen molar-refractivity contribution in [2.24, 2.45) is 0 Å². The van der Waals surface area contributed by atoms with Gasteiger partial charge in [-0.1, -0.05) is 44.2 Å². The van der Waals surface area contributed by atoms with E-state index in [4.69, 9.17) is 0 Å². The zero-order valence-electron chi connectivity index (χ0n) is 12.2. The maximum Gasteiger partial charge on any atom is 0.220 e. The van der Waals surface area contributed by atoms with Crippen molar-refractivity contribution in [1.29, 1.82) is 0 Å². The van der Waals surface area contributed by atoms with Crippen molar-refractivity contribution in [3.63, 3.8) is 0 Å². The predicted molar refractivity (Wildman–Crippen MR) is 84.0 cm³/mol. The molecule has 2 N–H and O–H groups in total. The molecule has 4 heteroatoms. The SMILES string of the molecule is CC(C)(CC(=O)NCC1(O)CCSC1)c1ccccc1.